The van der Waals surface area contributed by atoms with E-state index in [0.29, 0.717) is 12.2 Å². The highest BCUT2D eigenvalue weighted by molar-refractivity contribution is 5.44. The van der Waals surface area contributed by atoms with Crippen molar-refractivity contribution in [3.63, 3.8) is 0 Å². The van der Waals surface area contributed by atoms with Crippen LogP contribution in [0.15, 0.2) is 18.2 Å². The quantitative estimate of drug-likeness (QED) is 0.897. The highest BCUT2D eigenvalue weighted by atomic mass is 16.3. The van der Waals surface area contributed by atoms with Gasteiger partial charge >= 0.3 is 0 Å². The Hall–Kier alpha value is -1.44. The molecule has 1 heterocycles. The van der Waals surface area contributed by atoms with E-state index in [-0.39, 0.29) is 11.0 Å². The van der Waals surface area contributed by atoms with E-state index in [1.54, 1.807) is 0 Å². The lowest BCUT2D eigenvalue weighted by atomic mass is 9.74. The molecule has 1 spiro atoms. The van der Waals surface area contributed by atoms with E-state index < -0.39 is 11.5 Å². The van der Waals surface area contributed by atoms with Crippen molar-refractivity contribution in [2.24, 2.45) is 5.41 Å². The average Bonchev–Trinajstić information content (AvgIpc) is 3.15. The van der Waals surface area contributed by atoms with Gasteiger partial charge in [0, 0.05) is 12.1 Å². The fraction of sp³-hybridized carbons (Fsp3) is 0.667. The Morgan fingerprint density at radius 1 is 1.41 bits per heavy atom. The van der Waals surface area contributed by atoms with Crippen LogP contribution >= 0.6 is 0 Å². The summed E-state index contributed by atoms with van der Waals surface area (Å²) in [5, 5.41) is 23.3. The first-order chi connectivity index (χ1) is 10.3. The number of hydrogen-bond acceptors (Lipinski definition) is 4. The molecule has 1 aromatic heterocycles. The maximum atomic E-state index is 10.4. The topological polar surface area (TPSA) is 68.9 Å². The molecule has 118 valence electrons. The van der Waals surface area contributed by atoms with Gasteiger partial charge in [-0.2, -0.15) is 5.26 Å². The fourth-order valence-electron chi connectivity index (χ4n) is 3.63. The summed E-state index contributed by atoms with van der Waals surface area (Å²) in [6.07, 6.45) is 3.79. The third-order valence-corrected chi connectivity index (χ3v) is 5.26. The zero-order valence-electron chi connectivity index (χ0n) is 13.7. The Kier molecular flexibility index (Phi) is 3.54. The van der Waals surface area contributed by atoms with Gasteiger partial charge in [-0.3, -0.25) is 4.98 Å². The van der Waals surface area contributed by atoms with E-state index in [1.165, 1.54) is 6.42 Å². The number of nitrogens with zero attached hydrogens (tertiary/aromatic N) is 2. The number of aromatic nitrogens is 1. The van der Waals surface area contributed by atoms with Crippen LogP contribution in [-0.2, 0) is 5.41 Å². The molecule has 1 aromatic rings. The summed E-state index contributed by atoms with van der Waals surface area (Å²) in [5.74, 6) is 0. The molecule has 0 radical (unpaired) electrons. The summed E-state index contributed by atoms with van der Waals surface area (Å²) in [6.45, 7) is 6.67. The minimum absolute atomic E-state index is 0.0427. The van der Waals surface area contributed by atoms with Gasteiger partial charge in [0.05, 0.1) is 17.5 Å². The van der Waals surface area contributed by atoms with Gasteiger partial charge in [-0.05, 0) is 57.6 Å². The Morgan fingerprint density at radius 3 is 2.64 bits per heavy atom. The average molecular weight is 299 g/mol. The second kappa shape index (κ2) is 5.04. The van der Waals surface area contributed by atoms with E-state index in [9.17, 15) is 10.4 Å². The number of nitriles is 1. The second-order valence-electron chi connectivity index (χ2n) is 7.92. The maximum absolute atomic E-state index is 10.4. The predicted octanol–water partition coefficient (Wildman–Crippen LogP) is 2.84. The molecule has 2 atom stereocenters. The Morgan fingerprint density at radius 2 is 2.14 bits per heavy atom. The van der Waals surface area contributed by atoms with Gasteiger partial charge in [-0.1, -0.05) is 12.5 Å². The molecule has 2 aliphatic rings. The molecular weight excluding hydrogens is 274 g/mol. The SMILES string of the molecule is CC(C)(C)NC[C@H](O)c1cccc(C2(C#N)CC23CCC3)n1. The van der Waals surface area contributed by atoms with Crippen molar-refractivity contribution in [2.45, 2.75) is 63.5 Å². The summed E-state index contributed by atoms with van der Waals surface area (Å²) in [5.41, 5.74) is 1.24. The second-order valence-corrected chi connectivity index (χ2v) is 7.92. The van der Waals surface area contributed by atoms with Crippen LogP contribution in [0, 0.1) is 16.7 Å². The van der Waals surface area contributed by atoms with Gasteiger partial charge in [-0.25, -0.2) is 0 Å². The van der Waals surface area contributed by atoms with E-state index in [0.717, 1.165) is 25.0 Å². The van der Waals surface area contributed by atoms with E-state index >= 15 is 0 Å². The molecule has 22 heavy (non-hydrogen) atoms. The van der Waals surface area contributed by atoms with Crippen LogP contribution in [0.5, 0.6) is 0 Å². The molecule has 0 amide bonds. The molecule has 0 aromatic carbocycles. The van der Waals surface area contributed by atoms with Crippen LogP contribution in [0.3, 0.4) is 0 Å². The minimum atomic E-state index is -0.647. The molecule has 2 aliphatic carbocycles. The van der Waals surface area contributed by atoms with Crippen molar-refractivity contribution < 1.29 is 5.11 Å². The molecule has 2 saturated carbocycles. The van der Waals surface area contributed by atoms with Gasteiger partial charge < -0.3 is 10.4 Å². The molecule has 4 heteroatoms. The molecule has 0 saturated heterocycles. The molecule has 4 nitrogen and oxygen atoms in total. The summed E-state index contributed by atoms with van der Waals surface area (Å²) in [4.78, 5) is 4.64. The lowest BCUT2D eigenvalue weighted by Crippen LogP contribution is -2.38. The van der Waals surface area contributed by atoms with Crippen molar-refractivity contribution in [1.82, 2.24) is 10.3 Å². The number of hydrogen-bond donors (Lipinski definition) is 2. The van der Waals surface area contributed by atoms with Crippen LogP contribution in [0.25, 0.3) is 0 Å². The highest BCUT2D eigenvalue weighted by Crippen LogP contribution is 2.73. The largest absolute Gasteiger partial charge is 0.385 e. The number of aliphatic hydroxyl groups is 1. The summed E-state index contributed by atoms with van der Waals surface area (Å²) in [6, 6.07) is 8.24. The summed E-state index contributed by atoms with van der Waals surface area (Å²) in [7, 11) is 0. The van der Waals surface area contributed by atoms with Crippen LogP contribution in [-0.4, -0.2) is 22.2 Å². The summed E-state index contributed by atoms with van der Waals surface area (Å²) < 4.78 is 0. The summed E-state index contributed by atoms with van der Waals surface area (Å²) >= 11 is 0. The van der Waals surface area contributed by atoms with E-state index in [2.05, 4.69) is 37.1 Å². The first-order valence-corrected chi connectivity index (χ1v) is 8.14. The predicted molar refractivity (Wildman–Crippen MR) is 85.1 cm³/mol. The Labute approximate surface area is 132 Å². The first kappa shape index (κ1) is 15.5. The van der Waals surface area contributed by atoms with Crippen LogP contribution in [0.1, 0.15) is 63.9 Å². The van der Waals surface area contributed by atoms with E-state index in [1.807, 2.05) is 18.2 Å². The molecule has 3 rings (SSSR count). The third-order valence-electron chi connectivity index (χ3n) is 5.26. The number of pyridine rings is 1. The molecule has 1 unspecified atom stereocenters. The molecule has 0 bridgehead atoms. The lowest BCUT2D eigenvalue weighted by molar-refractivity contribution is 0.158. The Balaban J connectivity index is 1.78. The zero-order chi connectivity index (χ0) is 16.0. The zero-order valence-corrected chi connectivity index (χ0v) is 13.7. The van der Waals surface area contributed by atoms with Crippen LogP contribution in [0.4, 0.5) is 0 Å². The standard InChI is InChI=1S/C18H25N3O/c1-16(2,3)20-10-14(22)13-6-4-7-15(21-13)18(12-19)11-17(18)8-5-9-17/h4,6-7,14,20,22H,5,8-11H2,1-3H3/t14-,18?/m0/s1. The van der Waals surface area contributed by atoms with Gasteiger partial charge in [0.1, 0.15) is 11.5 Å². The van der Waals surface area contributed by atoms with Crippen molar-refractivity contribution in [2.75, 3.05) is 6.54 Å². The van der Waals surface area contributed by atoms with Gasteiger partial charge in [-0.15, -0.1) is 0 Å². The third kappa shape index (κ3) is 2.43. The van der Waals surface area contributed by atoms with Gasteiger partial charge in [0.15, 0.2) is 0 Å². The van der Waals surface area contributed by atoms with Crippen LogP contribution in [0.2, 0.25) is 0 Å². The first-order valence-electron chi connectivity index (χ1n) is 8.14. The minimum Gasteiger partial charge on any atom is -0.385 e. The lowest BCUT2D eigenvalue weighted by Gasteiger charge is -2.29. The van der Waals surface area contributed by atoms with Gasteiger partial charge in [0.2, 0.25) is 0 Å². The van der Waals surface area contributed by atoms with Crippen LogP contribution < -0.4 is 5.32 Å². The smallest absolute Gasteiger partial charge is 0.108 e. The fourth-order valence-corrected chi connectivity index (χ4v) is 3.63. The number of nitrogens with one attached hydrogen (secondary N) is 1. The number of β-amino-alcohol motifs (C(OH)–C–C–N with tert-alkyl or cyclic N) is 1. The van der Waals surface area contributed by atoms with Crippen molar-refractivity contribution in [3.05, 3.63) is 29.6 Å². The van der Waals surface area contributed by atoms with Crippen molar-refractivity contribution in [3.8, 4) is 6.07 Å². The monoisotopic (exact) mass is 299 g/mol. The molecular formula is C18H25N3O. The van der Waals surface area contributed by atoms with E-state index in [4.69, 9.17) is 0 Å². The van der Waals surface area contributed by atoms with Gasteiger partial charge in [0.25, 0.3) is 0 Å². The van der Waals surface area contributed by atoms with Crippen molar-refractivity contribution >= 4 is 0 Å². The van der Waals surface area contributed by atoms with Crippen molar-refractivity contribution in [1.29, 1.82) is 5.26 Å². The Bertz CT molecular complexity index is 609. The number of rotatable bonds is 4. The molecule has 2 N–H and O–H groups in total. The molecule has 2 fully saturated rings. The molecule has 0 aliphatic heterocycles. The normalized spacial score (nSPS) is 27.0. The maximum Gasteiger partial charge on any atom is 0.108 e. The highest BCUT2D eigenvalue weighted by Gasteiger charge is 2.72. The number of aliphatic hydroxyl groups excluding tert-OH is 1.